The van der Waals surface area contributed by atoms with E-state index in [0.29, 0.717) is 5.75 Å². The number of benzene rings is 2. The Kier molecular flexibility index (Phi) is 6.51. The number of halogens is 1. The number of nitro benzene ring substituents is 1. The van der Waals surface area contributed by atoms with Gasteiger partial charge in [-0.25, -0.2) is 0 Å². The average Bonchev–Trinajstić information content (AvgIpc) is 2.64. The molecule has 136 valence electrons. The first-order valence-corrected chi connectivity index (χ1v) is 7.79. The Balaban J connectivity index is 1.85. The smallest absolute Gasteiger partial charge is 0.325 e. The predicted molar refractivity (Wildman–Crippen MR) is 93.2 cm³/mol. The first kappa shape index (κ1) is 19.2. The molecule has 0 atom stereocenters. The molecule has 1 N–H and O–H groups in total. The summed E-state index contributed by atoms with van der Waals surface area (Å²) in [6, 6.07) is 10.6. The van der Waals surface area contributed by atoms with Crippen molar-refractivity contribution in [2.24, 2.45) is 0 Å². The number of methoxy groups -OCH3 is 1. The SMILES string of the molecule is COc1ccc(COC(=O)CNC(=O)c2ccc(Cl)c([N+](=O)[O-])c2)cc1. The van der Waals surface area contributed by atoms with E-state index in [2.05, 4.69) is 5.32 Å². The topological polar surface area (TPSA) is 108 Å². The molecule has 0 unspecified atom stereocenters. The van der Waals surface area contributed by atoms with Gasteiger partial charge in [0.25, 0.3) is 11.6 Å². The molecule has 0 heterocycles. The second kappa shape index (κ2) is 8.82. The monoisotopic (exact) mass is 378 g/mol. The van der Waals surface area contributed by atoms with Crippen LogP contribution >= 0.6 is 11.6 Å². The first-order valence-electron chi connectivity index (χ1n) is 7.41. The van der Waals surface area contributed by atoms with Crippen LogP contribution in [0.25, 0.3) is 0 Å². The predicted octanol–water partition coefficient (Wildman–Crippen LogP) is 2.73. The normalized spacial score (nSPS) is 10.1. The van der Waals surface area contributed by atoms with Gasteiger partial charge in [-0.15, -0.1) is 0 Å². The summed E-state index contributed by atoms with van der Waals surface area (Å²) >= 11 is 5.69. The molecule has 0 fully saturated rings. The third kappa shape index (κ3) is 5.18. The van der Waals surface area contributed by atoms with Crippen molar-refractivity contribution in [3.8, 4) is 5.75 Å². The largest absolute Gasteiger partial charge is 0.497 e. The molecule has 0 saturated heterocycles. The van der Waals surface area contributed by atoms with Gasteiger partial charge in [0, 0.05) is 11.6 Å². The standard InChI is InChI=1S/C17H15ClN2O6/c1-25-13-5-2-11(3-6-13)10-26-16(21)9-19-17(22)12-4-7-14(18)15(8-12)20(23)24/h2-8H,9-10H2,1H3,(H,19,22). The van der Waals surface area contributed by atoms with Gasteiger partial charge in [0.05, 0.1) is 12.0 Å². The zero-order valence-electron chi connectivity index (χ0n) is 13.7. The van der Waals surface area contributed by atoms with Gasteiger partial charge in [-0.05, 0) is 29.8 Å². The molecule has 26 heavy (non-hydrogen) atoms. The highest BCUT2D eigenvalue weighted by Gasteiger charge is 2.17. The van der Waals surface area contributed by atoms with Gasteiger partial charge in [-0.3, -0.25) is 19.7 Å². The van der Waals surface area contributed by atoms with Crippen LogP contribution in [0.3, 0.4) is 0 Å². The molecule has 2 aromatic carbocycles. The van der Waals surface area contributed by atoms with Crippen molar-refractivity contribution in [1.82, 2.24) is 5.32 Å². The summed E-state index contributed by atoms with van der Waals surface area (Å²) in [5.74, 6) is -0.604. The molecule has 2 rings (SSSR count). The molecule has 0 aliphatic rings. The van der Waals surface area contributed by atoms with Gasteiger partial charge in [-0.1, -0.05) is 23.7 Å². The van der Waals surface area contributed by atoms with E-state index >= 15 is 0 Å². The number of nitro groups is 1. The molecular formula is C17H15ClN2O6. The van der Waals surface area contributed by atoms with Gasteiger partial charge in [0.1, 0.15) is 23.9 Å². The van der Waals surface area contributed by atoms with E-state index in [4.69, 9.17) is 21.1 Å². The van der Waals surface area contributed by atoms with Crippen LogP contribution < -0.4 is 10.1 Å². The number of nitrogens with zero attached hydrogens (tertiary/aromatic N) is 1. The highest BCUT2D eigenvalue weighted by molar-refractivity contribution is 6.32. The summed E-state index contributed by atoms with van der Waals surface area (Å²) in [4.78, 5) is 33.8. The summed E-state index contributed by atoms with van der Waals surface area (Å²) in [5.41, 5.74) is 0.393. The lowest BCUT2D eigenvalue weighted by atomic mass is 10.2. The van der Waals surface area contributed by atoms with Gasteiger partial charge in [0.15, 0.2) is 0 Å². The summed E-state index contributed by atoms with van der Waals surface area (Å²) in [7, 11) is 1.55. The summed E-state index contributed by atoms with van der Waals surface area (Å²) < 4.78 is 10.1. The molecule has 0 radical (unpaired) electrons. The van der Waals surface area contributed by atoms with Crippen molar-refractivity contribution in [1.29, 1.82) is 0 Å². The van der Waals surface area contributed by atoms with Crippen molar-refractivity contribution in [3.63, 3.8) is 0 Å². The van der Waals surface area contributed by atoms with Crippen molar-refractivity contribution in [2.45, 2.75) is 6.61 Å². The number of esters is 1. The number of amides is 1. The van der Waals surface area contributed by atoms with Crippen LogP contribution in [0, 0.1) is 10.1 Å². The number of ether oxygens (including phenoxy) is 2. The van der Waals surface area contributed by atoms with Crippen molar-refractivity contribution in [3.05, 3.63) is 68.7 Å². The van der Waals surface area contributed by atoms with Crippen LogP contribution in [-0.4, -0.2) is 30.5 Å². The van der Waals surface area contributed by atoms with Crippen LogP contribution in [0.15, 0.2) is 42.5 Å². The minimum absolute atomic E-state index is 0.0176. The maximum Gasteiger partial charge on any atom is 0.325 e. The molecule has 0 spiro atoms. The highest BCUT2D eigenvalue weighted by atomic mass is 35.5. The van der Waals surface area contributed by atoms with E-state index in [1.165, 1.54) is 12.1 Å². The Morgan fingerprint density at radius 1 is 1.19 bits per heavy atom. The van der Waals surface area contributed by atoms with E-state index in [0.717, 1.165) is 11.6 Å². The van der Waals surface area contributed by atoms with E-state index < -0.39 is 16.8 Å². The van der Waals surface area contributed by atoms with Gasteiger partial charge >= 0.3 is 5.97 Å². The molecule has 2 aromatic rings. The van der Waals surface area contributed by atoms with Crippen LogP contribution in [0.1, 0.15) is 15.9 Å². The van der Waals surface area contributed by atoms with E-state index in [9.17, 15) is 19.7 Å². The fraction of sp³-hybridized carbons (Fsp3) is 0.176. The molecule has 9 heteroatoms. The Hall–Kier alpha value is -3.13. The number of hydrogen-bond acceptors (Lipinski definition) is 6. The fourth-order valence-electron chi connectivity index (χ4n) is 1.98. The molecular weight excluding hydrogens is 364 g/mol. The van der Waals surface area contributed by atoms with Crippen LogP contribution in [0.4, 0.5) is 5.69 Å². The molecule has 8 nitrogen and oxygen atoms in total. The minimum Gasteiger partial charge on any atom is -0.497 e. The maximum atomic E-state index is 12.0. The van der Waals surface area contributed by atoms with Crippen molar-refractivity contribution in [2.75, 3.05) is 13.7 Å². The lowest BCUT2D eigenvalue weighted by Crippen LogP contribution is -2.30. The van der Waals surface area contributed by atoms with Gasteiger partial charge in [-0.2, -0.15) is 0 Å². The molecule has 0 aliphatic heterocycles. The second-order valence-electron chi connectivity index (χ2n) is 5.11. The lowest BCUT2D eigenvalue weighted by Gasteiger charge is -2.07. The van der Waals surface area contributed by atoms with Gasteiger partial charge in [0.2, 0.25) is 0 Å². The lowest BCUT2D eigenvalue weighted by molar-refractivity contribution is -0.384. The Labute approximate surface area is 153 Å². The minimum atomic E-state index is -0.692. The fourth-order valence-corrected chi connectivity index (χ4v) is 2.17. The maximum absolute atomic E-state index is 12.0. The van der Waals surface area contributed by atoms with Crippen molar-refractivity contribution < 1.29 is 24.0 Å². The second-order valence-corrected chi connectivity index (χ2v) is 5.52. The number of nitrogens with one attached hydrogen (secondary N) is 1. The Morgan fingerprint density at radius 3 is 2.50 bits per heavy atom. The third-order valence-corrected chi connectivity index (χ3v) is 3.68. The quantitative estimate of drug-likeness (QED) is 0.451. The van der Waals surface area contributed by atoms with E-state index in [1.54, 1.807) is 31.4 Å². The highest BCUT2D eigenvalue weighted by Crippen LogP contribution is 2.24. The van der Waals surface area contributed by atoms with E-state index in [-0.39, 0.29) is 29.4 Å². The van der Waals surface area contributed by atoms with Crippen LogP contribution in [-0.2, 0) is 16.1 Å². The number of carbonyl (C=O) groups is 2. The number of rotatable bonds is 7. The Bertz CT molecular complexity index is 823. The molecule has 1 amide bonds. The average molecular weight is 379 g/mol. The zero-order chi connectivity index (χ0) is 19.1. The molecule has 0 saturated carbocycles. The zero-order valence-corrected chi connectivity index (χ0v) is 14.5. The first-order chi connectivity index (χ1) is 12.4. The third-order valence-electron chi connectivity index (χ3n) is 3.36. The summed E-state index contributed by atoms with van der Waals surface area (Å²) in [6.07, 6.45) is 0. The van der Waals surface area contributed by atoms with Gasteiger partial charge < -0.3 is 14.8 Å². The molecule has 0 bridgehead atoms. The van der Waals surface area contributed by atoms with E-state index in [1.807, 2.05) is 0 Å². The van der Waals surface area contributed by atoms with Crippen LogP contribution in [0.5, 0.6) is 5.75 Å². The molecule has 0 aliphatic carbocycles. The van der Waals surface area contributed by atoms with Crippen LogP contribution in [0.2, 0.25) is 5.02 Å². The van der Waals surface area contributed by atoms with Crippen molar-refractivity contribution >= 4 is 29.2 Å². The summed E-state index contributed by atoms with van der Waals surface area (Å²) in [5, 5.41) is 13.1. The number of carbonyl (C=O) groups excluding carboxylic acids is 2. The summed E-state index contributed by atoms with van der Waals surface area (Å²) in [6.45, 7) is -0.323. The molecule has 0 aromatic heterocycles. The Morgan fingerprint density at radius 2 is 1.88 bits per heavy atom. The number of hydrogen-bond donors (Lipinski definition) is 1.